The van der Waals surface area contributed by atoms with Gasteiger partial charge in [0.25, 0.3) is 0 Å². The van der Waals surface area contributed by atoms with Crippen LogP contribution in [0.5, 0.6) is 0 Å². The van der Waals surface area contributed by atoms with Crippen molar-refractivity contribution >= 4 is 28.3 Å². The Morgan fingerprint density at radius 1 is 1.21 bits per heavy atom. The highest BCUT2D eigenvalue weighted by atomic mass is 35.5. The van der Waals surface area contributed by atoms with Gasteiger partial charge >= 0.3 is 0 Å². The highest BCUT2D eigenvalue weighted by molar-refractivity contribution is 7.89. The van der Waals surface area contributed by atoms with Crippen LogP contribution in [-0.4, -0.2) is 52.5 Å². The van der Waals surface area contributed by atoms with Crippen LogP contribution in [0, 0.1) is 12.8 Å². The maximum absolute atomic E-state index is 12.5. The number of amides is 1. The molecule has 0 radical (unpaired) electrons. The number of carbonyl (C=O) groups excluding carboxylic acids is 1. The first kappa shape index (κ1) is 22.9. The molecular formula is C16H28ClN3O3S. The third-order valence-corrected chi connectivity index (χ3v) is 5.08. The molecule has 0 bridgehead atoms. The molecule has 1 amide bonds. The Balaban J connectivity index is 0.00000529. The zero-order valence-electron chi connectivity index (χ0n) is 14.9. The zero-order chi connectivity index (χ0) is 17.6. The van der Waals surface area contributed by atoms with E-state index in [-0.39, 0.29) is 29.1 Å². The molecule has 1 rings (SSSR count). The number of hydrogen-bond donors (Lipinski definition) is 2. The molecule has 2 N–H and O–H groups in total. The van der Waals surface area contributed by atoms with Gasteiger partial charge in [-0.3, -0.25) is 4.79 Å². The van der Waals surface area contributed by atoms with Crippen LogP contribution in [0.4, 0.5) is 0 Å². The third kappa shape index (κ3) is 6.39. The number of halogens is 1. The lowest BCUT2D eigenvalue weighted by molar-refractivity contribution is -0.132. The normalized spacial score (nSPS) is 12.6. The van der Waals surface area contributed by atoms with E-state index in [0.29, 0.717) is 13.1 Å². The van der Waals surface area contributed by atoms with Crippen molar-refractivity contribution in [1.29, 1.82) is 0 Å². The Morgan fingerprint density at radius 2 is 1.75 bits per heavy atom. The summed E-state index contributed by atoms with van der Waals surface area (Å²) in [5.74, 6) is -0.384. The van der Waals surface area contributed by atoms with E-state index in [1.54, 1.807) is 43.3 Å². The minimum atomic E-state index is -3.73. The maximum Gasteiger partial charge on any atom is 0.241 e. The van der Waals surface area contributed by atoms with Crippen molar-refractivity contribution < 1.29 is 13.2 Å². The van der Waals surface area contributed by atoms with Gasteiger partial charge in [-0.1, -0.05) is 31.5 Å². The predicted molar refractivity (Wildman–Crippen MR) is 98.9 cm³/mol. The summed E-state index contributed by atoms with van der Waals surface area (Å²) in [5.41, 5.74) is 0.979. The first-order valence-electron chi connectivity index (χ1n) is 7.67. The van der Waals surface area contributed by atoms with Crippen molar-refractivity contribution in [2.75, 3.05) is 27.2 Å². The number of aryl methyl sites for hydroxylation is 1. The van der Waals surface area contributed by atoms with Gasteiger partial charge in [0.2, 0.25) is 15.9 Å². The third-order valence-electron chi connectivity index (χ3n) is 3.62. The second-order valence-corrected chi connectivity index (χ2v) is 7.73. The number of likely N-dealkylation sites (N-methyl/N-ethyl adjacent to an activating group) is 2. The molecule has 138 valence electrons. The number of rotatable bonds is 8. The fraction of sp³-hybridized carbons (Fsp3) is 0.562. The minimum absolute atomic E-state index is 0. The molecule has 1 unspecified atom stereocenters. The topological polar surface area (TPSA) is 78.5 Å². The van der Waals surface area contributed by atoms with Gasteiger partial charge in [0, 0.05) is 20.1 Å². The summed E-state index contributed by atoms with van der Waals surface area (Å²) >= 11 is 0. The summed E-state index contributed by atoms with van der Waals surface area (Å²) in [4.78, 5) is 14.2. The number of carbonyl (C=O) groups is 1. The fourth-order valence-electron chi connectivity index (χ4n) is 2.05. The van der Waals surface area contributed by atoms with E-state index >= 15 is 0 Å². The molecule has 0 fully saturated rings. The van der Waals surface area contributed by atoms with Crippen LogP contribution in [0.15, 0.2) is 29.2 Å². The lowest BCUT2D eigenvalue weighted by Gasteiger charge is -2.27. The Kier molecular flexibility index (Phi) is 9.50. The van der Waals surface area contributed by atoms with E-state index in [9.17, 15) is 13.2 Å². The molecule has 0 heterocycles. The highest BCUT2D eigenvalue weighted by Gasteiger charge is 2.30. The van der Waals surface area contributed by atoms with E-state index in [0.717, 1.165) is 5.56 Å². The number of benzene rings is 1. The number of nitrogens with one attached hydrogen (secondary N) is 2. The Labute approximate surface area is 151 Å². The number of sulfonamides is 1. The minimum Gasteiger partial charge on any atom is -0.343 e. The van der Waals surface area contributed by atoms with Gasteiger partial charge in [-0.25, -0.2) is 8.42 Å². The standard InChI is InChI=1S/C16H27N3O3S.ClH/c1-12(2)15(16(20)19(5)11-10-17-4)18-23(21,22)14-8-6-13(3)7-9-14;/h6-9,12,15,17-18H,10-11H2,1-5H3;1H. The van der Waals surface area contributed by atoms with Gasteiger partial charge in [-0.2, -0.15) is 4.72 Å². The SMILES string of the molecule is CNCCN(C)C(=O)C(NS(=O)(=O)c1ccc(C)cc1)C(C)C.Cl. The zero-order valence-corrected chi connectivity index (χ0v) is 16.5. The molecule has 6 nitrogen and oxygen atoms in total. The molecule has 0 saturated carbocycles. The largest absolute Gasteiger partial charge is 0.343 e. The van der Waals surface area contributed by atoms with Crippen LogP contribution in [0.2, 0.25) is 0 Å². The first-order valence-corrected chi connectivity index (χ1v) is 9.16. The second-order valence-electron chi connectivity index (χ2n) is 6.02. The first-order chi connectivity index (χ1) is 10.7. The number of nitrogens with zero attached hydrogens (tertiary/aromatic N) is 1. The lowest BCUT2D eigenvalue weighted by Crippen LogP contribution is -2.51. The average Bonchev–Trinajstić information content (AvgIpc) is 2.49. The predicted octanol–water partition coefficient (Wildman–Crippen LogP) is 1.40. The van der Waals surface area contributed by atoms with Crippen molar-refractivity contribution in [3.63, 3.8) is 0 Å². The van der Waals surface area contributed by atoms with E-state index in [1.807, 2.05) is 20.8 Å². The van der Waals surface area contributed by atoms with Crippen LogP contribution in [0.1, 0.15) is 19.4 Å². The summed E-state index contributed by atoms with van der Waals surface area (Å²) in [6.07, 6.45) is 0. The van der Waals surface area contributed by atoms with Gasteiger partial charge < -0.3 is 10.2 Å². The van der Waals surface area contributed by atoms with Gasteiger partial charge in [0.05, 0.1) is 4.90 Å². The molecule has 0 spiro atoms. The Hall–Kier alpha value is -1.15. The molecule has 1 aromatic carbocycles. The quantitative estimate of drug-likeness (QED) is 0.717. The summed E-state index contributed by atoms with van der Waals surface area (Å²) in [6.45, 7) is 6.71. The molecule has 1 atom stereocenters. The van der Waals surface area contributed by atoms with E-state index < -0.39 is 16.1 Å². The molecule has 0 aliphatic rings. The van der Waals surface area contributed by atoms with Gasteiger partial charge in [0.15, 0.2) is 0 Å². The monoisotopic (exact) mass is 377 g/mol. The van der Waals surface area contributed by atoms with E-state index in [1.165, 1.54) is 0 Å². The summed E-state index contributed by atoms with van der Waals surface area (Å²) in [5, 5.41) is 2.97. The molecule has 1 aromatic rings. The smallest absolute Gasteiger partial charge is 0.241 e. The maximum atomic E-state index is 12.5. The molecule has 8 heteroatoms. The molecule has 0 aromatic heterocycles. The summed E-state index contributed by atoms with van der Waals surface area (Å²) in [7, 11) is -0.254. The van der Waals surface area contributed by atoms with Gasteiger partial charge in [-0.15, -0.1) is 12.4 Å². The molecule has 0 aliphatic heterocycles. The summed E-state index contributed by atoms with van der Waals surface area (Å²) in [6, 6.07) is 5.77. The Bertz CT molecular complexity index is 618. The van der Waals surface area contributed by atoms with Crippen molar-refractivity contribution in [3.8, 4) is 0 Å². The molecule has 24 heavy (non-hydrogen) atoms. The van der Waals surface area contributed by atoms with E-state index in [4.69, 9.17) is 0 Å². The second kappa shape index (κ2) is 9.98. The lowest BCUT2D eigenvalue weighted by atomic mass is 10.0. The molecular weight excluding hydrogens is 350 g/mol. The summed E-state index contributed by atoms with van der Waals surface area (Å²) < 4.78 is 27.6. The van der Waals surface area contributed by atoms with Gasteiger partial charge in [-0.05, 0) is 32.0 Å². The van der Waals surface area contributed by atoms with Crippen molar-refractivity contribution in [3.05, 3.63) is 29.8 Å². The van der Waals surface area contributed by atoms with Crippen LogP contribution in [0.3, 0.4) is 0 Å². The van der Waals surface area contributed by atoms with E-state index in [2.05, 4.69) is 10.0 Å². The van der Waals surface area contributed by atoms with Crippen LogP contribution in [-0.2, 0) is 14.8 Å². The van der Waals surface area contributed by atoms with Crippen molar-refractivity contribution in [2.24, 2.45) is 5.92 Å². The Morgan fingerprint density at radius 3 is 2.21 bits per heavy atom. The van der Waals surface area contributed by atoms with Crippen LogP contribution < -0.4 is 10.0 Å². The van der Waals surface area contributed by atoms with Crippen molar-refractivity contribution in [2.45, 2.75) is 31.7 Å². The van der Waals surface area contributed by atoms with Gasteiger partial charge in [0.1, 0.15) is 6.04 Å². The molecule has 0 aliphatic carbocycles. The number of hydrogen-bond acceptors (Lipinski definition) is 4. The average molecular weight is 378 g/mol. The van der Waals surface area contributed by atoms with Crippen LogP contribution in [0.25, 0.3) is 0 Å². The highest BCUT2D eigenvalue weighted by Crippen LogP contribution is 2.14. The fourth-order valence-corrected chi connectivity index (χ4v) is 3.39. The molecule has 0 saturated heterocycles. The van der Waals surface area contributed by atoms with Crippen molar-refractivity contribution in [1.82, 2.24) is 14.9 Å². The van der Waals surface area contributed by atoms with Crippen LogP contribution >= 0.6 is 12.4 Å².